The van der Waals surface area contributed by atoms with Crippen molar-refractivity contribution < 1.29 is 80.9 Å². The number of rotatable bonds is 11. The van der Waals surface area contributed by atoms with Crippen LogP contribution in [0.3, 0.4) is 0 Å². The number of carbonyl (C=O) groups excluding carboxylic acids is 7. The van der Waals surface area contributed by atoms with E-state index in [1.807, 2.05) is 0 Å². The minimum atomic E-state index is -1.65. The molecule has 44 heavy (non-hydrogen) atoms. The summed E-state index contributed by atoms with van der Waals surface area (Å²) in [6.07, 6.45) is -13.2. The first-order valence-corrected chi connectivity index (χ1v) is 13.8. The topological polar surface area (TPSA) is 212 Å². The molecule has 18 heteroatoms. The Bertz CT molecular complexity index is 1090. The van der Waals surface area contributed by atoms with E-state index in [9.17, 15) is 33.6 Å². The zero-order chi connectivity index (χ0) is 33.3. The van der Waals surface area contributed by atoms with E-state index in [4.69, 9.17) is 47.4 Å². The van der Waals surface area contributed by atoms with E-state index < -0.39 is 116 Å². The van der Waals surface area contributed by atoms with Crippen LogP contribution in [0.4, 0.5) is 0 Å². The number of carbonyl (C=O) groups is 7. The molecule has 0 N–H and O–H groups in total. The zero-order valence-corrected chi connectivity index (χ0v) is 26.0. The second kappa shape index (κ2) is 16.6. The predicted molar refractivity (Wildman–Crippen MR) is 142 cm³/mol. The Morgan fingerprint density at radius 3 is 1.32 bits per heavy atom. The van der Waals surface area contributed by atoms with Crippen molar-refractivity contribution in [3.8, 4) is 0 Å². The largest absolute Gasteiger partial charge is 0.463 e. The fraction of sp³-hybridized carbons (Fsp3) is 0.731. The van der Waals surface area contributed by atoms with Crippen LogP contribution in [0.2, 0.25) is 0 Å². The first-order valence-electron chi connectivity index (χ1n) is 13.3. The van der Waals surface area contributed by atoms with Gasteiger partial charge in [0.1, 0.15) is 37.6 Å². The minimum absolute atomic E-state index is 0.451. The van der Waals surface area contributed by atoms with Crippen LogP contribution in [0, 0.1) is 0 Å². The van der Waals surface area contributed by atoms with E-state index in [0.29, 0.717) is 0 Å². The van der Waals surface area contributed by atoms with Gasteiger partial charge in [-0.2, -0.15) is 12.6 Å². The Morgan fingerprint density at radius 1 is 0.477 bits per heavy atom. The van der Waals surface area contributed by atoms with Gasteiger partial charge in [0.05, 0.1) is 5.25 Å². The summed E-state index contributed by atoms with van der Waals surface area (Å²) in [5, 5.41) is -1.14. The molecule has 2 fully saturated rings. The molecule has 2 rings (SSSR count). The minimum Gasteiger partial charge on any atom is -0.463 e. The molecule has 0 bridgehead atoms. The molecule has 0 aromatic carbocycles. The zero-order valence-electron chi connectivity index (χ0n) is 25.1. The molecular weight excluding hydrogens is 616 g/mol. The van der Waals surface area contributed by atoms with Gasteiger partial charge in [-0.25, -0.2) is 0 Å². The predicted octanol–water partition coefficient (Wildman–Crippen LogP) is -0.464. The molecule has 0 unspecified atom stereocenters. The van der Waals surface area contributed by atoms with E-state index in [1.54, 1.807) is 0 Å². The van der Waals surface area contributed by atoms with E-state index in [0.717, 1.165) is 48.5 Å². The van der Waals surface area contributed by atoms with Gasteiger partial charge >= 0.3 is 41.8 Å². The van der Waals surface area contributed by atoms with Crippen molar-refractivity contribution in [1.29, 1.82) is 0 Å². The quantitative estimate of drug-likeness (QED) is 0.170. The van der Waals surface area contributed by atoms with Crippen LogP contribution in [0.1, 0.15) is 48.5 Å². The summed E-state index contributed by atoms with van der Waals surface area (Å²) in [6.45, 7) is 6.57. The average molecular weight is 653 g/mol. The second-order valence-electron chi connectivity index (χ2n) is 9.69. The Hall–Kier alpha value is -3.48. The fourth-order valence-electron chi connectivity index (χ4n) is 4.42. The number of ether oxygens (including phenoxy) is 10. The number of hydrogen-bond acceptors (Lipinski definition) is 18. The lowest BCUT2D eigenvalue weighted by Crippen LogP contribution is -2.66. The van der Waals surface area contributed by atoms with Gasteiger partial charge in [0.2, 0.25) is 12.4 Å². The summed E-state index contributed by atoms with van der Waals surface area (Å²) in [5.74, 6) is -5.61. The summed E-state index contributed by atoms with van der Waals surface area (Å²) < 4.78 is 54.8. The lowest BCUT2D eigenvalue weighted by atomic mass is 9.97. The lowest BCUT2D eigenvalue weighted by Gasteiger charge is -2.48. The summed E-state index contributed by atoms with van der Waals surface area (Å²) in [5.41, 5.74) is 0. The van der Waals surface area contributed by atoms with E-state index >= 15 is 0 Å². The first kappa shape index (κ1) is 36.7. The maximum absolute atomic E-state index is 12.2. The summed E-state index contributed by atoms with van der Waals surface area (Å²) in [6, 6.07) is 0. The summed E-state index contributed by atoms with van der Waals surface area (Å²) >= 11 is 4.50. The van der Waals surface area contributed by atoms with Crippen molar-refractivity contribution in [2.75, 3.05) is 13.2 Å². The lowest BCUT2D eigenvalue weighted by molar-refractivity contribution is -0.345. The van der Waals surface area contributed by atoms with Crippen LogP contribution in [-0.4, -0.2) is 116 Å². The highest BCUT2D eigenvalue weighted by atomic mass is 32.1. The van der Waals surface area contributed by atoms with Gasteiger partial charge in [-0.1, -0.05) is 0 Å². The third kappa shape index (κ3) is 10.9. The van der Waals surface area contributed by atoms with Gasteiger partial charge < -0.3 is 47.4 Å². The molecule has 2 aliphatic rings. The molecule has 0 spiro atoms. The molecule has 0 amide bonds. The number of esters is 7. The van der Waals surface area contributed by atoms with Crippen molar-refractivity contribution in [3.05, 3.63) is 0 Å². The molecule has 248 valence electrons. The Morgan fingerprint density at radius 2 is 0.864 bits per heavy atom. The second-order valence-corrected chi connectivity index (χ2v) is 10.3. The van der Waals surface area contributed by atoms with E-state index in [-0.39, 0.29) is 0 Å². The molecule has 0 saturated carbocycles. The van der Waals surface area contributed by atoms with Crippen molar-refractivity contribution >= 4 is 54.4 Å². The molecule has 0 aromatic rings. The van der Waals surface area contributed by atoms with Crippen LogP contribution in [0.5, 0.6) is 0 Å². The fourth-order valence-corrected chi connectivity index (χ4v) is 4.88. The van der Waals surface area contributed by atoms with Crippen LogP contribution >= 0.6 is 12.6 Å². The van der Waals surface area contributed by atoms with Crippen molar-refractivity contribution in [2.24, 2.45) is 0 Å². The molecule has 0 aromatic heterocycles. The standard InChI is InChI=1S/C26H36O17S/c1-10(27)34-8-17-19(21(37-13(4)30)22(38-14(5)31)25(41-17)40-16(7)33)43-26-23(39-15(6)32)24(44)20(36-12(3)29)18(42-26)9-35-11(2)28/h17-26,44H,8-9H2,1-7H3/t17-,18-,19-,20-,21+,22-,23-,24+,25-,26-/m0/s1. The van der Waals surface area contributed by atoms with Gasteiger partial charge in [-0.05, 0) is 0 Å². The highest BCUT2D eigenvalue weighted by Gasteiger charge is 2.56. The number of hydrogen-bond donors (Lipinski definition) is 1. The molecule has 10 atom stereocenters. The normalized spacial score (nSPS) is 31.5. The van der Waals surface area contributed by atoms with Crippen LogP contribution in [0.25, 0.3) is 0 Å². The van der Waals surface area contributed by atoms with Crippen LogP contribution in [0.15, 0.2) is 0 Å². The highest BCUT2D eigenvalue weighted by Crippen LogP contribution is 2.36. The van der Waals surface area contributed by atoms with Crippen molar-refractivity contribution in [2.45, 2.75) is 109 Å². The monoisotopic (exact) mass is 652 g/mol. The van der Waals surface area contributed by atoms with Gasteiger partial charge in [-0.3, -0.25) is 33.6 Å². The molecule has 2 heterocycles. The van der Waals surface area contributed by atoms with Gasteiger partial charge in [0.15, 0.2) is 18.5 Å². The smallest absolute Gasteiger partial charge is 0.305 e. The molecule has 17 nitrogen and oxygen atoms in total. The summed E-state index contributed by atoms with van der Waals surface area (Å²) in [7, 11) is 0. The Labute approximate surface area is 257 Å². The first-order chi connectivity index (χ1) is 20.5. The maximum atomic E-state index is 12.2. The third-order valence-electron chi connectivity index (χ3n) is 5.89. The Kier molecular flexibility index (Phi) is 13.8. The SMILES string of the molecule is CC(=O)OC[C@@H]1O[C@@H](O[C@@H]2[C@@H](OC(C)=O)[C@H](OC(C)=O)[C@@H](OC(C)=O)O[C@H]2COC(C)=O)[C@@H](OC(C)=O)[C@H](S)[C@H]1OC(C)=O. The van der Waals surface area contributed by atoms with E-state index in [2.05, 4.69) is 12.6 Å². The molecule has 2 aliphatic heterocycles. The van der Waals surface area contributed by atoms with Crippen molar-refractivity contribution in [1.82, 2.24) is 0 Å². The average Bonchev–Trinajstić information content (AvgIpc) is 2.87. The highest BCUT2D eigenvalue weighted by molar-refractivity contribution is 7.81. The van der Waals surface area contributed by atoms with Gasteiger partial charge in [0, 0.05) is 48.5 Å². The molecular formula is C26H36O17S. The van der Waals surface area contributed by atoms with Gasteiger partial charge in [-0.15, -0.1) is 0 Å². The summed E-state index contributed by atoms with van der Waals surface area (Å²) in [4.78, 5) is 83.3. The molecule has 2 saturated heterocycles. The number of thiol groups is 1. The third-order valence-corrected chi connectivity index (χ3v) is 6.48. The van der Waals surface area contributed by atoms with E-state index in [1.165, 1.54) is 0 Å². The Balaban J connectivity index is 2.62. The van der Waals surface area contributed by atoms with Crippen LogP contribution < -0.4 is 0 Å². The van der Waals surface area contributed by atoms with Crippen molar-refractivity contribution in [3.63, 3.8) is 0 Å². The van der Waals surface area contributed by atoms with Crippen LogP contribution in [-0.2, 0) is 80.9 Å². The molecule has 0 aliphatic carbocycles. The van der Waals surface area contributed by atoms with Gasteiger partial charge in [0.25, 0.3) is 0 Å². The molecule has 0 radical (unpaired) electrons. The maximum Gasteiger partial charge on any atom is 0.305 e.